The average Bonchev–Trinajstić information content (AvgIpc) is 3.26. The Morgan fingerprint density at radius 3 is 2.27 bits per heavy atom. The van der Waals surface area contributed by atoms with Crippen molar-refractivity contribution in [1.82, 2.24) is 5.32 Å². The van der Waals surface area contributed by atoms with Gasteiger partial charge >= 0.3 is 5.97 Å². The maximum Gasteiger partial charge on any atom is 0.329 e. The number of ether oxygens (including phenoxy) is 3. The van der Waals surface area contributed by atoms with Gasteiger partial charge in [-0.05, 0) is 37.1 Å². The number of anilines is 1. The van der Waals surface area contributed by atoms with Gasteiger partial charge in [0.05, 0.1) is 20.5 Å². The van der Waals surface area contributed by atoms with Crippen molar-refractivity contribution in [2.75, 3.05) is 19.5 Å². The molecule has 9 nitrogen and oxygen atoms in total. The lowest BCUT2D eigenvalue weighted by Gasteiger charge is -2.22. The highest BCUT2D eigenvalue weighted by atomic mass is 16.5. The highest BCUT2D eigenvalue weighted by Gasteiger charge is 2.30. The molecule has 0 saturated heterocycles. The molecular weight excluding hydrogens is 392 g/mol. The number of rotatable bonds is 9. The summed E-state index contributed by atoms with van der Waals surface area (Å²) in [5.41, 5.74) is 0.451. The summed E-state index contributed by atoms with van der Waals surface area (Å²) < 4.78 is 20.7. The van der Waals surface area contributed by atoms with E-state index in [1.54, 1.807) is 38.1 Å². The molecule has 0 aliphatic rings. The van der Waals surface area contributed by atoms with Crippen LogP contribution in [0.25, 0.3) is 0 Å². The fourth-order valence-corrected chi connectivity index (χ4v) is 2.58. The minimum Gasteiger partial charge on any atom is -0.493 e. The first-order valence-corrected chi connectivity index (χ1v) is 9.34. The van der Waals surface area contributed by atoms with Crippen molar-refractivity contribution in [2.45, 2.75) is 32.9 Å². The Morgan fingerprint density at radius 2 is 1.70 bits per heavy atom. The standard InChI is InChI=1S/C21H26N2O7/c1-12(2)18(23-20(25)16-7-6-10-29-16)21(26)30-13(3)19(24)22-14-8-9-15(27-4)17(11-14)28-5/h6-13,18H,1-5H3,(H,22,24)(H,23,25)/t13-,18-/m0/s1. The minimum atomic E-state index is -1.09. The summed E-state index contributed by atoms with van der Waals surface area (Å²) in [6.07, 6.45) is 0.269. The van der Waals surface area contributed by atoms with Crippen LogP contribution in [0.5, 0.6) is 11.5 Å². The van der Waals surface area contributed by atoms with Crippen LogP contribution in [-0.2, 0) is 14.3 Å². The van der Waals surface area contributed by atoms with Crippen LogP contribution >= 0.6 is 0 Å². The molecule has 1 aromatic carbocycles. The Balaban J connectivity index is 2.00. The largest absolute Gasteiger partial charge is 0.493 e. The molecule has 30 heavy (non-hydrogen) atoms. The first kappa shape index (κ1) is 22.8. The van der Waals surface area contributed by atoms with E-state index in [0.717, 1.165) is 0 Å². The van der Waals surface area contributed by atoms with Gasteiger partial charge in [0, 0.05) is 11.8 Å². The lowest BCUT2D eigenvalue weighted by atomic mass is 10.0. The van der Waals surface area contributed by atoms with E-state index < -0.39 is 29.9 Å². The molecule has 0 spiro atoms. The highest BCUT2D eigenvalue weighted by molar-refractivity contribution is 5.97. The molecule has 1 aromatic heterocycles. The quantitative estimate of drug-likeness (QED) is 0.601. The predicted octanol–water partition coefficient (Wildman–Crippen LogP) is 2.62. The minimum absolute atomic E-state index is 0.0766. The summed E-state index contributed by atoms with van der Waals surface area (Å²) in [5, 5.41) is 5.22. The molecule has 2 amide bonds. The van der Waals surface area contributed by atoms with Gasteiger partial charge in [0.1, 0.15) is 6.04 Å². The molecule has 9 heteroatoms. The topological polar surface area (TPSA) is 116 Å². The van der Waals surface area contributed by atoms with Gasteiger partial charge in [0.15, 0.2) is 23.4 Å². The summed E-state index contributed by atoms with van der Waals surface area (Å²) in [6, 6.07) is 6.97. The number of benzene rings is 1. The van der Waals surface area contributed by atoms with E-state index in [0.29, 0.717) is 17.2 Å². The normalized spacial score (nSPS) is 12.6. The van der Waals surface area contributed by atoms with Gasteiger partial charge in [-0.1, -0.05) is 13.8 Å². The zero-order chi connectivity index (χ0) is 22.3. The maximum absolute atomic E-state index is 12.6. The summed E-state index contributed by atoms with van der Waals surface area (Å²) in [6.45, 7) is 4.95. The van der Waals surface area contributed by atoms with E-state index in [1.807, 2.05) is 0 Å². The van der Waals surface area contributed by atoms with Crippen molar-refractivity contribution >= 4 is 23.5 Å². The second kappa shape index (κ2) is 10.3. The Hall–Kier alpha value is -3.49. The fourth-order valence-electron chi connectivity index (χ4n) is 2.58. The van der Waals surface area contributed by atoms with E-state index in [1.165, 1.54) is 33.5 Å². The summed E-state index contributed by atoms with van der Waals surface area (Å²) in [7, 11) is 2.99. The average molecular weight is 418 g/mol. The Kier molecular flexibility index (Phi) is 7.85. The molecule has 1 heterocycles. The molecule has 162 valence electrons. The number of hydrogen-bond acceptors (Lipinski definition) is 7. The molecule has 2 rings (SSSR count). The van der Waals surface area contributed by atoms with Crippen LogP contribution in [0, 0.1) is 5.92 Å². The molecule has 0 fully saturated rings. The molecule has 0 radical (unpaired) electrons. The first-order chi connectivity index (χ1) is 14.3. The number of furan rings is 1. The third kappa shape index (κ3) is 5.76. The highest BCUT2D eigenvalue weighted by Crippen LogP contribution is 2.29. The van der Waals surface area contributed by atoms with Gasteiger partial charge < -0.3 is 29.3 Å². The second-order valence-electron chi connectivity index (χ2n) is 6.81. The Bertz CT molecular complexity index is 877. The molecule has 0 aliphatic carbocycles. The van der Waals surface area contributed by atoms with Gasteiger partial charge in [-0.2, -0.15) is 0 Å². The smallest absolute Gasteiger partial charge is 0.329 e. The van der Waals surface area contributed by atoms with E-state index >= 15 is 0 Å². The molecule has 2 atom stereocenters. The lowest BCUT2D eigenvalue weighted by molar-refractivity contribution is -0.156. The number of nitrogens with one attached hydrogen (secondary N) is 2. The van der Waals surface area contributed by atoms with Gasteiger partial charge in [0.25, 0.3) is 11.8 Å². The monoisotopic (exact) mass is 418 g/mol. The van der Waals surface area contributed by atoms with Crippen molar-refractivity contribution in [2.24, 2.45) is 5.92 Å². The van der Waals surface area contributed by atoms with Gasteiger partial charge in [-0.3, -0.25) is 9.59 Å². The summed E-state index contributed by atoms with van der Waals surface area (Å²) >= 11 is 0. The number of hydrogen-bond donors (Lipinski definition) is 2. The molecule has 0 unspecified atom stereocenters. The molecular formula is C21H26N2O7. The number of amides is 2. The zero-order valence-corrected chi connectivity index (χ0v) is 17.6. The molecule has 2 aromatic rings. The lowest BCUT2D eigenvalue weighted by Crippen LogP contribution is -2.47. The van der Waals surface area contributed by atoms with Crippen LogP contribution in [0.2, 0.25) is 0 Å². The van der Waals surface area contributed by atoms with E-state index in [4.69, 9.17) is 18.6 Å². The van der Waals surface area contributed by atoms with Gasteiger partial charge in [-0.25, -0.2) is 4.79 Å². The van der Waals surface area contributed by atoms with Crippen LogP contribution in [0.3, 0.4) is 0 Å². The van der Waals surface area contributed by atoms with Crippen LogP contribution in [-0.4, -0.2) is 44.1 Å². The van der Waals surface area contributed by atoms with Crippen LogP contribution in [0.4, 0.5) is 5.69 Å². The van der Waals surface area contributed by atoms with Gasteiger partial charge in [-0.15, -0.1) is 0 Å². The maximum atomic E-state index is 12.6. The van der Waals surface area contributed by atoms with Crippen LogP contribution in [0.15, 0.2) is 41.0 Å². The van der Waals surface area contributed by atoms with E-state index in [9.17, 15) is 14.4 Å². The Morgan fingerprint density at radius 1 is 1.00 bits per heavy atom. The first-order valence-electron chi connectivity index (χ1n) is 9.34. The molecule has 0 saturated carbocycles. The van der Waals surface area contributed by atoms with Crippen LogP contribution in [0.1, 0.15) is 31.3 Å². The van der Waals surface area contributed by atoms with Crippen molar-refractivity contribution in [1.29, 1.82) is 0 Å². The second-order valence-corrected chi connectivity index (χ2v) is 6.81. The molecule has 0 bridgehead atoms. The summed E-state index contributed by atoms with van der Waals surface area (Å²) in [4.78, 5) is 37.2. The van der Waals surface area contributed by atoms with Crippen LogP contribution < -0.4 is 20.1 Å². The third-order valence-corrected chi connectivity index (χ3v) is 4.27. The molecule has 2 N–H and O–H groups in total. The van der Waals surface area contributed by atoms with Crippen molar-refractivity contribution < 1.29 is 33.0 Å². The van der Waals surface area contributed by atoms with Gasteiger partial charge in [0.2, 0.25) is 0 Å². The Labute approximate surface area is 174 Å². The molecule has 0 aliphatic heterocycles. The fraction of sp³-hybridized carbons (Fsp3) is 0.381. The zero-order valence-electron chi connectivity index (χ0n) is 17.6. The van der Waals surface area contributed by atoms with E-state index in [2.05, 4.69) is 10.6 Å². The number of methoxy groups -OCH3 is 2. The number of esters is 1. The predicted molar refractivity (Wildman–Crippen MR) is 109 cm³/mol. The van der Waals surface area contributed by atoms with Crippen molar-refractivity contribution in [3.63, 3.8) is 0 Å². The summed E-state index contributed by atoms with van der Waals surface area (Å²) in [5.74, 6) is -1.03. The third-order valence-electron chi connectivity index (χ3n) is 4.27. The number of carbonyl (C=O) groups is 3. The number of carbonyl (C=O) groups excluding carboxylic acids is 3. The SMILES string of the molecule is COc1ccc(NC(=O)[C@H](C)OC(=O)[C@@H](NC(=O)c2ccco2)C(C)C)cc1OC. The van der Waals surface area contributed by atoms with Crippen molar-refractivity contribution in [3.05, 3.63) is 42.4 Å². The van der Waals surface area contributed by atoms with E-state index in [-0.39, 0.29) is 11.7 Å². The van der Waals surface area contributed by atoms with Crippen molar-refractivity contribution in [3.8, 4) is 11.5 Å².